The molecule has 2 aromatic carbocycles. The maximum Gasteiger partial charge on any atom is 0.259 e. The molecule has 1 saturated heterocycles. The number of likely N-dealkylation sites (tertiary alicyclic amines) is 1. The summed E-state index contributed by atoms with van der Waals surface area (Å²) < 4.78 is 5.94. The molecule has 1 aliphatic heterocycles. The van der Waals surface area contributed by atoms with Crippen molar-refractivity contribution in [3.63, 3.8) is 0 Å². The molecule has 1 fully saturated rings. The second-order valence-electron chi connectivity index (χ2n) is 7.18. The van der Waals surface area contributed by atoms with E-state index in [0.29, 0.717) is 29.2 Å². The Kier molecular flexibility index (Phi) is 6.03. The summed E-state index contributed by atoms with van der Waals surface area (Å²) in [6, 6.07) is 18.3. The molecule has 2 heterocycles. The molecule has 152 valence electrons. The summed E-state index contributed by atoms with van der Waals surface area (Å²) in [4.78, 5) is 31.7. The third-order valence-electron chi connectivity index (χ3n) is 5.02. The molecule has 1 N–H and O–H groups in total. The van der Waals surface area contributed by atoms with Crippen LogP contribution in [0, 0.1) is 0 Å². The maximum atomic E-state index is 13.0. The van der Waals surface area contributed by atoms with Gasteiger partial charge in [-0.1, -0.05) is 30.3 Å². The normalized spacial score (nSPS) is 13.1. The van der Waals surface area contributed by atoms with Gasteiger partial charge in [-0.2, -0.15) is 0 Å². The van der Waals surface area contributed by atoms with Crippen LogP contribution in [-0.2, 0) is 6.61 Å². The van der Waals surface area contributed by atoms with Crippen molar-refractivity contribution < 1.29 is 14.3 Å². The summed E-state index contributed by atoms with van der Waals surface area (Å²) in [6.07, 6.45) is 5.23. The largest absolute Gasteiger partial charge is 0.488 e. The van der Waals surface area contributed by atoms with Gasteiger partial charge in [-0.15, -0.1) is 0 Å². The average Bonchev–Trinajstić information content (AvgIpc) is 3.33. The number of nitrogens with one attached hydrogen (secondary N) is 1. The number of hydrogen-bond donors (Lipinski definition) is 1. The van der Waals surface area contributed by atoms with E-state index in [2.05, 4.69) is 10.3 Å². The van der Waals surface area contributed by atoms with Crippen molar-refractivity contribution in [3.8, 4) is 5.75 Å². The maximum absolute atomic E-state index is 13.0. The van der Waals surface area contributed by atoms with Gasteiger partial charge < -0.3 is 15.0 Å². The highest BCUT2D eigenvalue weighted by molar-refractivity contribution is 6.08. The van der Waals surface area contributed by atoms with Gasteiger partial charge in [0.25, 0.3) is 11.8 Å². The Morgan fingerprint density at radius 2 is 1.80 bits per heavy atom. The van der Waals surface area contributed by atoms with Gasteiger partial charge in [0.05, 0.1) is 17.4 Å². The van der Waals surface area contributed by atoms with E-state index in [-0.39, 0.29) is 11.8 Å². The molecule has 1 aromatic heterocycles. The zero-order valence-corrected chi connectivity index (χ0v) is 16.6. The minimum Gasteiger partial charge on any atom is -0.488 e. The highest BCUT2D eigenvalue weighted by atomic mass is 16.5. The van der Waals surface area contributed by atoms with Gasteiger partial charge in [0.15, 0.2) is 0 Å². The zero-order valence-electron chi connectivity index (χ0n) is 16.6. The highest BCUT2D eigenvalue weighted by Gasteiger charge is 2.22. The minimum absolute atomic E-state index is 0.0578. The lowest BCUT2D eigenvalue weighted by Crippen LogP contribution is -2.28. The molecule has 6 heteroatoms. The van der Waals surface area contributed by atoms with E-state index in [0.717, 1.165) is 31.5 Å². The lowest BCUT2D eigenvalue weighted by Gasteiger charge is -2.17. The van der Waals surface area contributed by atoms with Gasteiger partial charge in [-0.25, -0.2) is 0 Å². The van der Waals surface area contributed by atoms with Gasteiger partial charge >= 0.3 is 0 Å². The van der Waals surface area contributed by atoms with Crippen molar-refractivity contribution in [2.45, 2.75) is 19.4 Å². The molecule has 0 spiro atoms. The predicted octanol–water partition coefficient (Wildman–Crippen LogP) is 4.15. The molecule has 0 bridgehead atoms. The van der Waals surface area contributed by atoms with Crippen molar-refractivity contribution in [2.75, 3.05) is 18.4 Å². The summed E-state index contributed by atoms with van der Waals surface area (Å²) in [6.45, 7) is 1.83. The fourth-order valence-electron chi connectivity index (χ4n) is 3.44. The number of hydrogen-bond acceptors (Lipinski definition) is 4. The zero-order chi connectivity index (χ0) is 20.8. The van der Waals surface area contributed by atoms with Crippen LogP contribution in [0.5, 0.6) is 5.75 Å². The Balaban J connectivity index is 1.60. The van der Waals surface area contributed by atoms with Crippen molar-refractivity contribution in [3.05, 3.63) is 89.7 Å². The number of pyridine rings is 1. The first-order valence-electron chi connectivity index (χ1n) is 10.0. The van der Waals surface area contributed by atoms with Crippen molar-refractivity contribution >= 4 is 17.5 Å². The Hall–Kier alpha value is -3.67. The molecule has 0 radical (unpaired) electrons. The summed E-state index contributed by atoms with van der Waals surface area (Å²) in [7, 11) is 0. The van der Waals surface area contributed by atoms with Crippen LogP contribution in [0.3, 0.4) is 0 Å². The van der Waals surface area contributed by atoms with Crippen LogP contribution in [0.1, 0.15) is 39.1 Å². The molecule has 1 aliphatic rings. The van der Waals surface area contributed by atoms with Crippen molar-refractivity contribution in [1.82, 2.24) is 9.88 Å². The second kappa shape index (κ2) is 9.22. The topological polar surface area (TPSA) is 71.5 Å². The first kappa shape index (κ1) is 19.6. The molecule has 4 rings (SSSR count). The minimum atomic E-state index is -0.345. The number of amides is 2. The van der Waals surface area contributed by atoms with Crippen LogP contribution in [0.4, 0.5) is 5.69 Å². The molecule has 3 aromatic rings. The number of benzene rings is 2. The molecule has 0 atom stereocenters. The van der Waals surface area contributed by atoms with E-state index in [4.69, 9.17) is 4.74 Å². The molecule has 2 amide bonds. The monoisotopic (exact) mass is 401 g/mol. The number of anilines is 1. The molecule has 0 unspecified atom stereocenters. The number of ether oxygens (including phenoxy) is 1. The van der Waals surface area contributed by atoms with E-state index < -0.39 is 0 Å². The van der Waals surface area contributed by atoms with Gasteiger partial charge in [0, 0.05) is 24.8 Å². The lowest BCUT2D eigenvalue weighted by atomic mass is 10.1. The third kappa shape index (κ3) is 4.66. The number of nitrogens with zero attached hydrogens (tertiary/aromatic N) is 2. The molecule has 0 aliphatic carbocycles. The Bertz CT molecular complexity index is 1020. The van der Waals surface area contributed by atoms with Crippen LogP contribution >= 0.6 is 0 Å². The van der Waals surface area contributed by atoms with Gasteiger partial charge in [-0.3, -0.25) is 14.6 Å². The van der Waals surface area contributed by atoms with E-state index in [9.17, 15) is 9.59 Å². The second-order valence-corrected chi connectivity index (χ2v) is 7.18. The number of carbonyl (C=O) groups excluding carboxylic acids is 2. The molecular weight excluding hydrogens is 378 g/mol. The Labute approximate surface area is 175 Å². The number of carbonyl (C=O) groups is 2. The highest BCUT2D eigenvalue weighted by Crippen LogP contribution is 2.24. The van der Waals surface area contributed by atoms with Gasteiger partial charge in [0.2, 0.25) is 0 Å². The first-order valence-corrected chi connectivity index (χ1v) is 10.0. The standard InChI is InChI=1S/C24H23N3O3/c28-23(26-20-9-6-12-25-16-20)21-15-19(24(29)27-13-4-5-14-27)10-11-22(21)30-17-18-7-2-1-3-8-18/h1-3,6-12,15-16H,4-5,13-14,17H2,(H,26,28). The fraction of sp³-hybridized carbons (Fsp3) is 0.208. The van der Waals surface area contributed by atoms with Crippen LogP contribution in [0.2, 0.25) is 0 Å². The van der Waals surface area contributed by atoms with Gasteiger partial charge in [0.1, 0.15) is 12.4 Å². The Morgan fingerprint density at radius 1 is 1.00 bits per heavy atom. The van der Waals surface area contributed by atoms with E-state index in [1.54, 1.807) is 42.7 Å². The van der Waals surface area contributed by atoms with Crippen molar-refractivity contribution in [2.24, 2.45) is 0 Å². The molecular formula is C24H23N3O3. The van der Waals surface area contributed by atoms with E-state index in [1.807, 2.05) is 35.2 Å². The fourth-order valence-corrected chi connectivity index (χ4v) is 3.44. The average molecular weight is 401 g/mol. The smallest absolute Gasteiger partial charge is 0.259 e. The molecule has 0 saturated carbocycles. The van der Waals surface area contributed by atoms with Crippen LogP contribution in [-0.4, -0.2) is 34.8 Å². The van der Waals surface area contributed by atoms with Crippen LogP contribution in [0.25, 0.3) is 0 Å². The van der Waals surface area contributed by atoms with Gasteiger partial charge in [-0.05, 0) is 48.7 Å². The quantitative estimate of drug-likeness (QED) is 0.674. The first-order chi connectivity index (χ1) is 14.7. The van der Waals surface area contributed by atoms with E-state index in [1.165, 1.54) is 0 Å². The van der Waals surface area contributed by atoms with Crippen LogP contribution in [0.15, 0.2) is 73.1 Å². The van der Waals surface area contributed by atoms with E-state index >= 15 is 0 Å². The summed E-state index contributed by atoms with van der Waals surface area (Å²) in [5, 5.41) is 2.83. The lowest BCUT2D eigenvalue weighted by molar-refractivity contribution is 0.0792. The predicted molar refractivity (Wildman–Crippen MR) is 115 cm³/mol. The molecule has 6 nitrogen and oxygen atoms in total. The molecule has 30 heavy (non-hydrogen) atoms. The SMILES string of the molecule is O=C(Nc1cccnc1)c1cc(C(=O)N2CCCC2)ccc1OCc1ccccc1. The summed E-state index contributed by atoms with van der Waals surface area (Å²) in [5.41, 5.74) is 2.38. The third-order valence-corrected chi connectivity index (χ3v) is 5.02. The number of rotatable bonds is 6. The number of aromatic nitrogens is 1. The summed E-state index contributed by atoms with van der Waals surface area (Å²) in [5.74, 6) is 0.0258. The van der Waals surface area contributed by atoms with Crippen LogP contribution < -0.4 is 10.1 Å². The summed E-state index contributed by atoms with van der Waals surface area (Å²) >= 11 is 0. The van der Waals surface area contributed by atoms with Crippen molar-refractivity contribution in [1.29, 1.82) is 0 Å². The Morgan fingerprint density at radius 3 is 2.53 bits per heavy atom.